The van der Waals surface area contributed by atoms with Crippen LogP contribution in [0.15, 0.2) is 54.9 Å². The fraction of sp³-hybridized carbons (Fsp3) is 0.0625. The maximum Gasteiger partial charge on any atom is 0.258 e. The Balaban J connectivity index is 1.62. The molecule has 0 bridgehead atoms. The fourth-order valence-corrected chi connectivity index (χ4v) is 2.34. The molecular formula is C16H13ClN4O2. The Morgan fingerprint density at radius 3 is 2.65 bits per heavy atom. The number of hydrogen-bond donors (Lipinski definition) is 2. The van der Waals surface area contributed by atoms with Gasteiger partial charge in [0.15, 0.2) is 0 Å². The van der Waals surface area contributed by atoms with E-state index in [0.717, 1.165) is 11.0 Å². The van der Waals surface area contributed by atoms with Crippen LogP contribution < -0.4 is 10.7 Å². The van der Waals surface area contributed by atoms with Gasteiger partial charge in [0.2, 0.25) is 0 Å². The van der Waals surface area contributed by atoms with E-state index in [0.29, 0.717) is 10.6 Å². The van der Waals surface area contributed by atoms with Crippen molar-refractivity contribution in [1.82, 2.24) is 15.0 Å². The lowest BCUT2D eigenvalue weighted by molar-refractivity contribution is -0.116. The molecule has 0 saturated heterocycles. The highest BCUT2D eigenvalue weighted by Gasteiger charge is 2.11. The number of halogens is 1. The van der Waals surface area contributed by atoms with Crippen molar-refractivity contribution in [3.8, 4) is 0 Å². The number of fused-ring (bicyclic) bond motifs is 1. The molecular weight excluding hydrogens is 316 g/mol. The molecule has 0 unspecified atom stereocenters. The van der Waals surface area contributed by atoms with E-state index in [1.165, 1.54) is 11.0 Å². The average Bonchev–Trinajstić information content (AvgIpc) is 2.96. The molecule has 2 amide bonds. The van der Waals surface area contributed by atoms with Gasteiger partial charge in [0.25, 0.3) is 11.8 Å². The summed E-state index contributed by atoms with van der Waals surface area (Å²) >= 11 is 5.94. The number of carbonyl (C=O) groups excluding carboxylic acids is 2. The maximum absolute atomic E-state index is 12.0. The molecule has 0 aliphatic rings. The zero-order chi connectivity index (χ0) is 16.2. The van der Waals surface area contributed by atoms with Crippen LogP contribution in [0, 0.1) is 0 Å². The zero-order valence-corrected chi connectivity index (χ0v) is 12.7. The molecule has 3 aromatic rings. The number of para-hydroxylation sites is 2. The summed E-state index contributed by atoms with van der Waals surface area (Å²) in [6.07, 6.45) is 1.51. The first kappa shape index (κ1) is 15.1. The van der Waals surface area contributed by atoms with Crippen LogP contribution in [0.25, 0.3) is 11.0 Å². The van der Waals surface area contributed by atoms with E-state index in [9.17, 15) is 9.59 Å². The van der Waals surface area contributed by atoms with Crippen LogP contribution in [0.4, 0.5) is 0 Å². The number of nitrogens with one attached hydrogen (secondary N) is 2. The SMILES string of the molecule is O=C(CNC(=O)c1ccccc1Cl)Nn1cnc2ccccc21. The van der Waals surface area contributed by atoms with Gasteiger partial charge in [0.05, 0.1) is 28.2 Å². The molecule has 2 N–H and O–H groups in total. The molecule has 0 radical (unpaired) electrons. The molecule has 1 heterocycles. The highest BCUT2D eigenvalue weighted by Crippen LogP contribution is 2.14. The van der Waals surface area contributed by atoms with Crippen LogP contribution >= 0.6 is 11.6 Å². The molecule has 0 aliphatic heterocycles. The van der Waals surface area contributed by atoms with E-state index >= 15 is 0 Å². The highest BCUT2D eigenvalue weighted by atomic mass is 35.5. The molecule has 2 aromatic carbocycles. The molecule has 23 heavy (non-hydrogen) atoms. The Kier molecular flexibility index (Phi) is 4.25. The standard InChI is InChI=1S/C16H13ClN4O2/c17-12-6-2-1-5-11(12)16(23)18-9-15(22)20-21-10-19-13-7-3-4-8-14(13)21/h1-8,10H,9H2,(H,18,23)(H,20,22). The third-order valence-electron chi connectivity index (χ3n) is 3.23. The number of aromatic nitrogens is 2. The van der Waals surface area contributed by atoms with Crippen LogP contribution in [0.3, 0.4) is 0 Å². The second-order valence-electron chi connectivity index (χ2n) is 4.80. The van der Waals surface area contributed by atoms with Gasteiger partial charge in [-0.2, -0.15) is 0 Å². The molecule has 0 spiro atoms. The number of imidazole rings is 1. The van der Waals surface area contributed by atoms with E-state index in [-0.39, 0.29) is 12.5 Å². The smallest absolute Gasteiger partial charge is 0.258 e. The number of rotatable bonds is 4. The fourth-order valence-electron chi connectivity index (χ4n) is 2.12. The summed E-state index contributed by atoms with van der Waals surface area (Å²) in [6.45, 7) is -0.170. The number of hydrogen-bond acceptors (Lipinski definition) is 3. The van der Waals surface area contributed by atoms with Crippen LogP contribution in [0.1, 0.15) is 10.4 Å². The summed E-state index contributed by atoms with van der Waals surface area (Å²) in [7, 11) is 0. The van der Waals surface area contributed by atoms with E-state index in [1.54, 1.807) is 24.3 Å². The molecule has 116 valence electrons. The van der Waals surface area contributed by atoms with Crippen molar-refractivity contribution in [1.29, 1.82) is 0 Å². The van der Waals surface area contributed by atoms with Gasteiger partial charge in [0.1, 0.15) is 6.33 Å². The van der Waals surface area contributed by atoms with Crippen molar-refractivity contribution in [2.45, 2.75) is 0 Å². The second-order valence-corrected chi connectivity index (χ2v) is 5.21. The Labute approximate surface area is 137 Å². The van der Waals surface area contributed by atoms with Gasteiger partial charge >= 0.3 is 0 Å². The molecule has 0 fully saturated rings. The Hall–Kier alpha value is -2.86. The molecule has 3 rings (SSSR count). The summed E-state index contributed by atoms with van der Waals surface area (Å²) in [5.41, 5.74) is 4.53. The average molecular weight is 329 g/mol. The lowest BCUT2D eigenvalue weighted by Crippen LogP contribution is -2.35. The number of amides is 2. The van der Waals surface area contributed by atoms with Crippen molar-refractivity contribution < 1.29 is 9.59 Å². The Morgan fingerprint density at radius 1 is 1.09 bits per heavy atom. The van der Waals surface area contributed by atoms with Gasteiger partial charge in [-0.25, -0.2) is 9.66 Å². The summed E-state index contributed by atoms with van der Waals surface area (Å²) in [5, 5.41) is 2.87. The zero-order valence-electron chi connectivity index (χ0n) is 12.0. The Bertz CT molecular complexity index is 875. The minimum absolute atomic E-state index is 0.170. The summed E-state index contributed by atoms with van der Waals surface area (Å²) in [6, 6.07) is 14.1. The summed E-state index contributed by atoms with van der Waals surface area (Å²) in [4.78, 5) is 28.1. The molecule has 0 saturated carbocycles. The van der Waals surface area contributed by atoms with E-state index in [1.807, 2.05) is 24.3 Å². The quantitative estimate of drug-likeness (QED) is 0.771. The third-order valence-corrected chi connectivity index (χ3v) is 3.56. The van der Waals surface area contributed by atoms with Crippen LogP contribution in [0.2, 0.25) is 5.02 Å². The van der Waals surface area contributed by atoms with Crippen LogP contribution in [-0.4, -0.2) is 28.0 Å². The van der Waals surface area contributed by atoms with Crippen LogP contribution in [0.5, 0.6) is 0 Å². The van der Waals surface area contributed by atoms with Crippen molar-refractivity contribution in [3.63, 3.8) is 0 Å². The second kappa shape index (κ2) is 6.50. The highest BCUT2D eigenvalue weighted by molar-refractivity contribution is 6.33. The first-order chi connectivity index (χ1) is 11.1. The van der Waals surface area contributed by atoms with E-state index < -0.39 is 5.91 Å². The van der Waals surface area contributed by atoms with Crippen molar-refractivity contribution in [2.24, 2.45) is 0 Å². The normalized spacial score (nSPS) is 10.5. The summed E-state index contributed by atoms with van der Waals surface area (Å²) < 4.78 is 1.51. The first-order valence-corrected chi connectivity index (χ1v) is 7.27. The van der Waals surface area contributed by atoms with Crippen molar-refractivity contribution in [3.05, 3.63) is 65.4 Å². The molecule has 0 aliphatic carbocycles. The first-order valence-electron chi connectivity index (χ1n) is 6.90. The van der Waals surface area contributed by atoms with Gasteiger partial charge in [-0.3, -0.25) is 15.0 Å². The predicted octanol–water partition coefficient (Wildman–Crippen LogP) is 2.19. The van der Waals surface area contributed by atoms with Gasteiger partial charge in [-0.05, 0) is 24.3 Å². The van der Waals surface area contributed by atoms with Gasteiger partial charge < -0.3 is 5.32 Å². The molecule has 7 heteroatoms. The lowest BCUT2D eigenvalue weighted by Gasteiger charge is -2.09. The van der Waals surface area contributed by atoms with Gasteiger partial charge in [0, 0.05) is 0 Å². The number of benzene rings is 2. The number of nitrogens with zero attached hydrogens (tertiary/aromatic N) is 2. The summed E-state index contributed by atoms with van der Waals surface area (Å²) in [5.74, 6) is -0.769. The van der Waals surface area contributed by atoms with E-state index in [2.05, 4.69) is 15.7 Å². The Morgan fingerprint density at radius 2 is 1.83 bits per heavy atom. The predicted molar refractivity (Wildman–Crippen MR) is 87.9 cm³/mol. The van der Waals surface area contributed by atoms with Crippen LogP contribution in [-0.2, 0) is 4.79 Å². The molecule has 0 atom stereocenters. The minimum atomic E-state index is -0.402. The van der Waals surface area contributed by atoms with Crippen molar-refractivity contribution >= 4 is 34.4 Å². The lowest BCUT2D eigenvalue weighted by atomic mass is 10.2. The van der Waals surface area contributed by atoms with Gasteiger partial charge in [-0.1, -0.05) is 35.9 Å². The van der Waals surface area contributed by atoms with Gasteiger partial charge in [-0.15, -0.1) is 0 Å². The number of carbonyl (C=O) groups is 2. The van der Waals surface area contributed by atoms with Crippen molar-refractivity contribution in [2.75, 3.05) is 12.0 Å². The topological polar surface area (TPSA) is 76.0 Å². The minimum Gasteiger partial charge on any atom is -0.343 e. The monoisotopic (exact) mass is 328 g/mol. The third kappa shape index (κ3) is 3.32. The molecule has 6 nitrogen and oxygen atoms in total. The maximum atomic E-state index is 12.0. The largest absolute Gasteiger partial charge is 0.343 e. The molecule has 1 aromatic heterocycles. The van der Waals surface area contributed by atoms with E-state index in [4.69, 9.17) is 11.6 Å².